The van der Waals surface area contributed by atoms with Crippen LogP contribution in [0.4, 0.5) is 0 Å². The number of likely N-dealkylation sites (N-methyl/N-ethyl adjacent to an activating group) is 1. The lowest BCUT2D eigenvalue weighted by molar-refractivity contribution is 0.184. The molecule has 1 N–H and O–H groups in total. The number of hydrogen-bond donors (Lipinski definition) is 1. The summed E-state index contributed by atoms with van der Waals surface area (Å²) >= 11 is 0. The molecule has 0 saturated carbocycles. The van der Waals surface area contributed by atoms with Crippen LogP contribution in [0.25, 0.3) is 0 Å². The highest BCUT2D eigenvalue weighted by Crippen LogP contribution is 2.14. The van der Waals surface area contributed by atoms with Crippen molar-refractivity contribution in [1.29, 1.82) is 0 Å². The molecule has 0 aromatic heterocycles. The number of nitrogens with zero attached hydrogens (tertiary/aromatic N) is 1. The van der Waals surface area contributed by atoms with Crippen LogP contribution in [0, 0.1) is 5.92 Å². The van der Waals surface area contributed by atoms with Gasteiger partial charge in [-0.25, -0.2) is 0 Å². The third-order valence-corrected chi connectivity index (χ3v) is 3.76. The lowest BCUT2D eigenvalue weighted by Gasteiger charge is -2.26. The number of benzene rings is 1. The fourth-order valence-corrected chi connectivity index (χ4v) is 2.40. The van der Waals surface area contributed by atoms with Crippen LogP contribution in [-0.4, -0.2) is 37.7 Å². The van der Waals surface area contributed by atoms with Gasteiger partial charge in [0, 0.05) is 19.1 Å². The second-order valence-corrected chi connectivity index (χ2v) is 6.24. The topological polar surface area (TPSA) is 24.5 Å². The van der Waals surface area contributed by atoms with Crippen LogP contribution < -0.4 is 10.1 Å². The molecule has 1 aromatic rings. The molecule has 1 unspecified atom stereocenters. The van der Waals surface area contributed by atoms with Crippen molar-refractivity contribution >= 4 is 0 Å². The van der Waals surface area contributed by atoms with Gasteiger partial charge in [-0.2, -0.15) is 0 Å². The van der Waals surface area contributed by atoms with E-state index in [9.17, 15) is 0 Å². The second kappa shape index (κ2) is 9.80. The molecule has 0 fully saturated rings. The van der Waals surface area contributed by atoms with Crippen LogP contribution in [0.15, 0.2) is 24.3 Å². The van der Waals surface area contributed by atoms with E-state index in [1.54, 1.807) is 0 Å². The Kier molecular flexibility index (Phi) is 8.40. The van der Waals surface area contributed by atoms with Gasteiger partial charge in [0.25, 0.3) is 0 Å². The lowest BCUT2D eigenvalue weighted by Crippen LogP contribution is -2.33. The summed E-state index contributed by atoms with van der Waals surface area (Å²) in [5.74, 6) is 1.71. The monoisotopic (exact) mass is 292 g/mol. The summed E-state index contributed by atoms with van der Waals surface area (Å²) in [5.41, 5.74) is 1.27. The average Bonchev–Trinajstić information content (AvgIpc) is 2.44. The number of nitrogens with one attached hydrogen (secondary N) is 1. The molecule has 0 aliphatic rings. The van der Waals surface area contributed by atoms with Crippen molar-refractivity contribution < 1.29 is 4.74 Å². The van der Waals surface area contributed by atoms with E-state index in [4.69, 9.17) is 4.74 Å². The first kappa shape index (κ1) is 18.0. The number of ether oxygens (including phenoxy) is 1. The maximum Gasteiger partial charge on any atom is 0.119 e. The molecule has 0 spiro atoms. The summed E-state index contributed by atoms with van der Waals surface area (Å²) in [7, 11) is 2.18. The zero-order valence-electron chi connectivity index (χ0n) is 14.4. The van der Waals surface area contributed by atoms with E-state index in [0.29, 0.717) is 6.04 Å². The first-order chi connectivity index (χ1) is 10.0. The highest BCUT2D eigenvalue weighted by molar-refractivity contribution is 5.28. The van der Waals surface area contributed by atoms with Crippen molar-refractivity contribution in [3.8, 4) is 5.75 Å². The summed E-state index contributed by atoms with van der Waals surface area (Å²) in [4.78, 5) is 2.38. The minimum Gasteiger partial charge on any atom is -0.492 e. The van der Waals surface area contributed by atoms with Gasteiger partial charge in [-0.05, 0) is 50.6 Å². The fourth-order valence-electron chi connectivity index (χ4n) is 2.40. The van der Waals surface area contributed by atoms with Gasteiger partial charge in [-0.1, -0.05) is 32.9 Å². The number of hydrogen-bond acceptors (Lipinski definition) is 3. The van der Waals surface area contributed by atoms with Gasteiger partial charge < -0.3 is 15.0 Å². The van der Waals surface area contributed by atoms with Gasteiger partial charge in [-0.3, -0.25) is 0 Å². The van der Waals surface area contributed by atoms with Crippen molar-refractivity contribution in [1.82, 2.24) is 10.2 Å². The van der Waals surface area contributed by atoms with Crippen molar-refractivity contribution in [2.24, 2.45) is 5.92 Å². The van der Waals surface area contributed by atoms with Crippen LogP contribution in [0.2, 0.25) is 0 Å². The number of rotatable bonds is 10. The van der Waals surface area contributed by atoms with Gasteiger partial charge in [0.05, 0.1) is 0 Å². The summed E-state index contributed by atoms with van der Waals surface area (Å²) in [6, 6.07) is 8.96. The molecule has 0 aliphatic heterocycles. The molecular formula is C18H32N2O. The normalized spacial score (nSPS) is 12.9. The molecule has 1 aromatic carbocycles. The summed E-state index contributed by atoms with van der Waals surface area (Å²) < 4.78 is 5.88. The Bertz CT molecular complexity index is 393. The third-order valence-electron chi connectivity index (χ3n) is 3.76. The molecule has 0 amide bonds. The first-order valence-corrected chi connectivity index (χ1v) is 8.15. The Morgan fingerprint density at radius 3 is 2.67 bits per heavy atom. The van der Waals surface area contributed by atoms with E-state index in [1.165, 1.54) is 12.0 Å². The Morgan fingerprint density at radius 1 is 1.24 bits per heavy atom. The highest BCUT2D eigenvalue weighted by Gasteiger charge is 2.10. The van der Waals surface area contributed by atoms with Crippen molar-refractivity contribution in [2.75, 3.05) is 26.7 Å². The van der Waals surface area contributed by atoms with E-state index in [-0.39, 0.29) is 0 Å². The van der Waals surface area contributed by atoms with Crippen LogP contribution in [0.5, 0.6) is 5.75 Å². The fraction of sp³-hybridized carbons (Fsp3) is 0.667. The minimum atomic E-state index is 0.605. The standard InChI is InChI=1S/C18H32N2O/c1-6-19-14-17-8-7-9-18(13-17)21-11-10-20(5)16(4)12-15(2)3/h7-9,13,15-16,19H,6,10-12,14H2,1-5H3. The Hall–Kier alpha value is -1.06. The zero-order valence-corrected chi connectivity index (χ0v) is 14.4. The molecule has 120 valence electrons. The molecule has 0 radical (unpaired) electrons. The van der Waals surface area contributed by atoms with Crippen LogP contribution in [-0.2, 0) is 6.54 Å². The van der Waals surface area contributed by atoms with Crippen LogP contribution >= 0.6 is 0 Å². The van der Waals surface area contributed by atoms with E-state index in [0.717, 1.165) is 37.9 Å². The van der Waals surface area contributed by atoms with Gasteiger partial charge in [-0.15, -0.1) is 0 Å². The maximum absolute atomic E-state index is 5.88. The van der Waals surface area contributed by atoms with E-state index >= 15 is 0 Å². The Balaban J connectivity index is 2.34. The molecule has 0 heterocycles. The molecule has 3 heteroatoms. The SMILES string of the molecule is CCNCc1cccc(OCCN(C)C(C)CC(C)C)c1. The lowest BCUT2D eigenvalue weighted by atomic mass is 10.0. The summed E-state index contributed by atoms with van der Waals surface area (Å²) in [6.45, 7) is 12.6. The Labute approximate surface area is 130 Å². The molecule has 1 rings (SSSR count). The third kappa shape index (κ3) is 7.49. The van der Waals surface area contributed by atoms with Gasteiger partial charge >= 0.3 is 0 Å². The molecule has 0 aliphatic carbocycles. The molecule has 1 atom stereocenters. The molecule has 0 saturated heterocycles. The van der Waals surface area contributed by atoms with Gasteiger partial charge in [0.15, 0.2) is 0 Å². The van der Waals surface area contributed by atoms with Gasteiger partial charge in [0.1, 0.15) is 12.4 Å². The van der Waals surface area contributed by atoms with Crippen molar-refractivity contribution in [2.45, 2.75) is 46.7 Å². The van der Waals surface area contributed by atoms with Gasteiger partial charge in [0.2, 0.25) is 0 Å². The van der Waals surface area contributed by atoms with Crippen LogP contribution in [0.1, 0.15) is 39.7 Å². The van der Waals surface area contributed by atoms with Crippen LogP contribution in [0.3, 0.4) is 0 Å². The quantitative estimate of drug-likeness (QED) is 0.714. The largest absolute Gasteiger partial charge is 0.492 e. The van der Waals surface area contributed by atoms with Crippen molar-refractivity contribution in [3.05, 3.63) is 29.8 Å². The predicted molar refractivity (Wildman–Crippen MR) is 90.9 cm³/mol. The minimum absolute atomic E-state index is 0.605. The summed E-state index contributed by atoms with van der Waals surface area (Å²) in [5, 5.41) is 3.34. The molecule has 21 heavy (non-hydrogen) atoms. The van der Waals surface area contributed by atoms with E-state index in [2.05, 4.69) is 63.2 Å². The van der Waals surface area contributed by atoms with E-state index < -0.39 is 0 Å². The average molecular weight is 292 g/mol. The zero-order chi connectivity index (χ0) is 15.7. The highest BCUT2D eigenvalue weighted by atomic mass is 16.5. The van der Waals surface area contributed by atoms with Crippen molar-refractivity contribution in [3.63, 3.8) is 0 Å². The summed E-state index contributed by atoms with van der Waals surface area (Å²) in [6.07, 6.45) is 1.23. The maximum atomic E-state index is 5.88. The second-order valence-electron chi connectivity index (χ2n) is 6.24. The first-order valence-electron chi connectivity index (χ1n) is 8.15. The smallest absolute Gasteiger partial charge is 0.119 e. The Morgan fingerprint density at radius 2 is 2.00 bits per heavy atom. The predicted octanol–water partition coefficient (Wildman–Crippen LogP) is 3.54. The molecule has 3 nitrogen and oxygen atoms in total. The van der Waals surface area contributed by atoms with E-state index in [1.807, 2.05) is 6.07 Å². The molecule has 0 bridgehead atoms. The molecular weight excluding hydrogens is 260 g/mol.